The molecule has 0 atom stereocenters. The van der Waals surface area contributed by atoms with Crippen LogP contribution in [0, 0.1) is 0 Å². The number of carbonyl (C=O) groups excluding carboxylic acids is 1. The van der Waals surface area contributed by atoms with Crippen LogP contribution in [0.5, 0.6) is 0 Å². The largest absolute Gasteiger partial charge is 0.461 e. The summed E-state index contributed by atoms with van der Waals surface area (Å²) < 4.78 is 5.74. The first kappa shape index (κ1) is 19.9. The topological polar surface area (TPSA) is 26.3 Å². The first-order valence-electron chi connectivity index (χ1n) is 10.2. The number of benzene rings is 4. The van der Waals surface area contributed by atoms with Gasteiger partial charge < -0.3 is 4.74 Å². The summed E-state index contributed by atoms with van der Waals surface area (Å²) in [4.78, 5) is 13.2. The van der Waals surface area contributed by atoms with Crippen LogP contribution in [0.3, 0.4) is 0 Å². The summed E-state index contributed by atoms with van der Waals surface area (Å²) in [5, 5.41) is 3.62. The summed E-state index contributed by atoms with van der Waals surface area (Å²) in [6, 6.07) is 41.5. The van der Waals surface area contributed by atoms with Gasteiger partial charge in [0.25, 0.3) is 0 Å². The van der Waals surface area contributed by atoms with E-state index in [9.17, 15) is 4.79 Å². The van der Waals surface area contributed by atoms with E-state index in [1.807, 2.05) is 48.5 Å². The predicted molar refractivity (Wildman–Crippen MR) is 125 cm³/mol. The minimum absolute atomic E-state index is 0.165. The monoisotopic (exact) mass is 408 g/mol. The highest BCUT2D eigenvalue weighted by atomic mass is 28.3. The number of carbonyl (C=O) groups is 1. The van der Waals surface area contributed by atoms with Crippen molar-refractivity contribution in [3.8, 4) is 0 Å². The summed E-state index contributed by atoms with van der Waals surface area (Å²) in [7, 11) is -2.60. The minimum atomic E-state index is -2.60. The molecule has 0 aliphatic carbocycles. The van der Waals surface area contributed by atoms with Crippen molar-refractivity contribution in [1.29, 1.82) is 0 Å². The van der Waals surface area contributed by atoms with Crippen LogP contribution in [0.1, 0.15) is 5.56 Å². The van der Waals surface area contributed by atoms with E-state index in [1.165, 1.54) is 15.6 Å². The van der Waals surface area contributed by atoms with Crippen LogP contribution in [0.15, 0.2) is 121 Å². The second kappa shape index (κ2) is 9.38. The molecule has 4 rings (SSSR count). The molecule has 0 bridgehead atoms. The quantitative estimate of drug-likeness (QED) is 0.263. The lowest BCUT2D eigenvalue weighted by Crippen LogP contribution is -2.67. The zero-order valence-corrected chi connectivity index (χ0v) is 17.8. The fourth-order valence-corrected chi connectivity index (χ4v) is 8.41. The molecule has 0 heterocycles. The number of esters is 1. The Morgan fingerprint density at radius 2 is 0.933 bits per heavy atom. The third-order valence-electron chi connectivity index (χ3n) is 5.45. The first-order chi connectivity index (χ1) is 14.8. The maximum Gasteiger partial charge on any atom is 0.304 e. The fourth-order valence-electron chi connectivity index (χ4n) is 3.98. The van der Waals surface area contributed by atoms with Crippen LogP contribution < -0.4 is 15.6 Å². The van der Waals surface area contributed by atoms with E-state index >= 15 is 0 Å². The highest BCUT2D eigenvalue weighted by molar-refractivity contribution is 7.12. The van der Waals surface area contributed by atoms with Crippen LogP contribution >= 0.6 is 0 Å². The van der Waals surface area contributed by atoms with Crippen LogP contribution in [0.25, 0.3) is 0 Å². The summed E-state index contributed by atoms with van der Waals surface area (Å²) >= 11 is 0. The highest BCUT2D eigenvalue weighted by Gasteiger charge is 2.41. The van der Waals surface area contributed by atoms with Crippen LogP contribution in [0.4, 0.5) is 0 Å². The molecule has 3 heteroatoms. The Kier molecular flexibility index (Phi) is 6.21. The Morgan fingerprint density at radius 3 is 1.33 bits per heavy atom. The Bertz CT molecular complexity index is 968. The summed E-state index contributed by atoms with van der Waals surface area (Å²) in [5.41, 5.74) is 0.997. The SMILES string of the molecule is O=C(C[Si](c1ccccc1)(c1ccccc1)c1ccccc1)OCc1ccccc1. The zero-order chi connectivity index (χ0) is 20.7. The molecule has 0 spiro atoms. The molecule has 0 aliphatic rings. The van der Waals surface area contributed by atoms with E-state index in [0.29, 0.717) is 12.7 Å². The zero-order valence-electron chi connectivity index (χ0n) is 16.8. The van der Waals surface area contributed by atoms with Crippen molar-refractivity contribution in [2.45, 2.75) is 12.7 Å². The lowest BCUT2D eigenvalue weighted by Gasteiger charge is -2.33. The van der Waals surface area contributed by atoms with Gasteiger partial charge in [-0.2, -0.15) is 0 Å². The van der Waals surface area contributed by atoms with Gasteiger partial charge in [-0.05, 0) is 21.1 Å². The molecular formula is C27H24O2Si. The molecule has 30 heavy (non-hydrogen) atoms. The van der Waals surface area contributed by atoms with Crippen molar-refractivity contribution in [2.75, 3.05) is 0 Å². The number of ether oxygens (including phenoxy) is 1. The summed E-state index contributed by atoms with van der Waals surface area (Å²) in [6.45, 7) is 0.294. The van der Waals surface area contributed by atoms with Gasteiger partial charge in [0.05, 0.1) is 6.04 Å². The average Bonchev–Trinajstić information content (AvgIpc) is 2.83. The molecule has 0 aromatic heterocycles. The second-order valence-electron chi connectivity index (χ2n) is 7.33. The van der Waals surface area contributed by atoms with Crippen molar-refractivity contribution in [1.82, 2.24) is 0 Å². The molecule has 0 unspecified atom stereocenters. The molecule has 148 valence electrons. The molecule has 0 N–H and O–H groups in total. The van der Waals surface area contributed by atoms with E-state index in [1.54, 1.807) is 0 Å². The standard InChI is InChI=1S/C27H24O2Si/c28-27(29-21-23-13-5-1-6-14-23)22-30(24-15-7-2-8-16-24,25-17-9-3-10-18-25)26-19-11-4-12-20-26/h1-20H,21-22H2. The second-order valence-corrected chi connectivity index (χ2v) is 11.2. The summed E-state index contributed by atoms with van der Waals surface area (Å²) in [6.07, 6.45) is 0. The Balaban J connectivity index is 1.76. The molecule has 0 fully saturated rings. The summed E-state index contributed by atoms with van der Waals surface area (Å²) in [5.74, 6) is -0.165. The molecule has 0 saturated heterocycles. The molecule has 0 aliphatic heterocycles. The Morgan fingerprint density at radius 1 is 0.567 bits per heavy atom. The smallest absolute Gasteiger partial charge is 0.304 e. The third kappa shape index (κ3) is 4.26. The molecule has 2 nitrogen and oxygen atoms in total. The lowest BCUT2D eigenvalue weighted by atomic mass is 10.2. The van der Waals surface area contributed by atoms with Gasteiger partial charge in [-0.15, -0.1) is 0 Å². The van der Waals surface area contributed by atoms with Gasteiger partial charge in [0, 0.05) is 0 Å². The Labute approximate surface area is 178 Å². The third-order valence-corrected chi connectivity index (χ3v) is 10.2. The predicted octanol–water partition coefficient (Wildman–Crippen LogP) is 3.90. The van der Waals surface area contributed by atoms with Gasteiger partial charge in [0.15, 0.2) is 8.07 Å². The molecular weight excluding hydrogens is 384 g/mol. The number of rotatable bonds is 7. The van der Waals surface area contributed by atoms with Crippen molar-refractivity contribution in [3.05, 3.63) is 127 Å². The van der Waals surface area contributed by atoms with Gasteiger partial charge >= 0.3 is 5.97 Å². The normalized spacial score (nSPS) is 11.1. The maximum absolute atomic E-state index is 13.2. The fraction of sp³-hybridized carbons (Fsp3) is 0.0741. The van der Waals surface area contributed by atoms with E-state index in [4.69, 9.17) is 4.74 Å². The van der Waals surface area contributed by atoms with Gasteiger partial charge in [-0.25, -0.2) is 0 Å². The van der Waals surface area contributed by atoms with Gasteiger partial charge in [0.2, 0.25) is 0 Å². The molecule has 4 aromatic carbocycles. The maximum atomic E-state index is 13.2. The minimum Gasteiger partial charge on any atom is -0.461 e. The van der Waals surface area contributed by atoms with Gasteiger partial charge in [0.1, 0.15) is 6.61 Å². The molecule has 0 saturated carbocycles. The molecule has 4 aromatic rings. The highest BCUT2D eigenvalue weighted by Crippen LogP contribution is 2.15. The van der Waals surface area contributed by atoms with E-state index in [0.717, 1.165) is 5.56 Å². The van der Waals surface area contributed by atoms with E-state index < -0.39 is 8.07 Å². The van der Waals surface area contributed by atoms with Crippen LogP contribution in [0.2, 0.25) is 6.04 Å². The lowest BCUT2D eigenvalue weighted by molar-refractivity contribution is -0.142. The van der Waals surface area contributed by atoms with Crippen molar-refractivity contribution in [2.24, 2.45) is 0 Å². The van der Waals surface area contributed by atoms with Gasteiger partial charge in [-0.1, -0.05) is 121 Å². The van der Waals surface area contributed by atoms with Crippen LogP contribution in [-0.2, 0) is 16.1 Å². The Hall–Kier alpha value is -3.43. The van der Waals surface area contributed by atoms with Crippen molar-refractivity contribution < 1.29 is 9.53 Å². The van der Waals surface area contributed by atoms with Crippen LogP contribution in [-0.4, -0.2) is 14.0 Å². The average molecular weight is 409 g/mol. The molecule has 0 radical (unpaired) electrons. The van der Waals surface area contributed by atoms with Gasteiger partial charge in [-0.3, -0.25) is 4.79 Å². The first-order valence-corrected chi connectivity index (χ1v) is 12.4. The number of hydrogen-bond donors (Lipinski definition) is 0. The molecule has 0 amide bonds. The van der Waals surface area contributed by atoms with Crippen molar-refractivity contribution >= 4 is 29.6 Å². The number of hydrogen-bond acceptors (Lipinski definition) is 2. The van der Waals surface area contributed by atoms with E-state index in [2.05, 4.69) is 72.8 Å². The van der Waals surface area contributed by atoms with E-state index in [-0.39, 0.29) is 5.97 Å². The van der Waals surface area contributed by atoms with Crippen molar-refractivity contribution in [3.63, 3.8) is 0 Å².